The van der Waals surface area contributed by atoms with Crippen LogP contribution in [0.1, 0.15) is 27.7 Å². The number of hydrogen-bond acceptors (Lipinski definition) is 5. The summed E-state index contributed by atoms with van der Waals surface area (Å²) in [7, 11) is 1.58. The van der Waals surface area contributed by atoms with E-state index in [-0.39, 0.29) is 6.10 Å². The van der Waals surface area contributed by atoms with E-state index in [9.17, 15) is 0 Å². The third-order valence-electron chi connectivity index (χ3n) is 3.68. The van der Waals surface area contributed by atoms with E-state index in [1.54, 1.807) is 11.8 Å². The zero-order chi connectivity index (χ0) is 18.8. The largest absolute Gasteiger partial charge is 0.495 e. The van der Waals surface area contributed by atoms with Gasteiger partial charge in [-0.15, -0.1) is 5.10 Å². The number of aromatic nitrogens is 3. The van der Waals surface area contributed by atoms with Gasteiger partial charge in [0.25, 0.3) is 0 Å². The summed E-state index contributed by atoms with van der Waals surface area (Å²) < 4.78 is 13.0. The van der Waals surface area contributed by atoms with E-state index >= 15 is 0 Å². The molecule has 0 spiro atoms. The average Bonchev–Trinajstić information content (AvgIpc) is 3.02. The number of anilines is 1. The maximum absolute atomic E-state index is 6.50. The highest BCUT2D eigenvalue weighted by molar-refractivity contribution is 6.36. The van der Waals surface area contributed by atoms with E-state index < -0.39 is 0 Å². The summed E-state index contributed by atoms with van der Waals surface area (Å²) in [6.07, 6.45) is 1.87. The number of pyridine rings is 1. The number of benzene rings is 1. The number of nitrogens with one attached hydrogen (secondary N) is 1. The number of fused-ring (bicyclic) bond motifs is 1. The molecule has 0 fully saturated rings. The Morgan fingerprint density at radius 2 is 1.88 bits per heavy atom. The van der Waals surface area contributed by atoms with Crippen LogP contribution in [-0.4, -0.2) is 34.0 Å². The second kappa shape index (κ2) is 7.41. The topological polar surface area (TPSA) is 61.2 Å². The lowest BCUT2D eigenvalue weighted by Crippen LogP contribution is -2.11. The first-order chi connectivity index (χ1) is 12.4. The van der Waals surface area contributed by atoms with Crippen molar-refractivity contribution >= 4 is 28.3 Å². The monoisotopic (exact) mass is 374 g/mol. The van der Waals surface area contributed by atoms with Gasteiger partial charge in [-0.25, -0.2) is 9.67 Å². The van der Waals surface area contributed by atoms with Crippen LogP contribution in [0.3, 0.4) is 0 Å². The van der Waals surface area contributed by atoms with Crippen LogP contribution in [0.4, 0.5) is 5.82 Å². The second-order valence-corrected chi connectivity index (χ2v) is 6.95. The zero-order valence-corrected chi connectivity index (χ0v) is 16.3. The predicted molar refractivity (Wildman–Crippen MR) is 105 cm³/mol. The Balaban J connectivity index is 2.15. The van der Waals surface area contributed by atoms with Gasteiger partial charge in [0, 0.05) is 29.8 Å². The fraction of sp³-hybridized carbons (Fsp3) is 0.368. The third kappa shape index (κ3) is 3.70. The maximum atomic E-state index is 6.50. The van der Waals surface area contributed by atoms with Crippen molar-refractivity contribution in [3.8, 4) is 17.3 Å². The molecular formula is C19H23ClN4O2. The van der Waals surface area contributed by atoms with Crippen LogP contribution in [0.25, 0.3) is 16.7 Å². The van der Waals surface area contributed by atoms with Gasteiger partial charge in [0.1, 0.15) is 22.3 Å². The fourth-order valence-corrected chi connectivity index (χ4v) is 2.93. The normalized spacial score (nSPS) is 11.4. The Morgan fingerprint density at radius 3 is 2.54 bits per heavy atom. The molecule has 0 bridgehead atoms. The van der Waals surface area contributed by atoms with E-state index in [1.807, 2.05) is 44.3 Å². The highest BCUT2D eigenvalue weighted by Gasteiger charge is 2.16. The SMILES string of the molecule is COc1ccc2c(OC(C)C)cc(-n3ccc(NC(C)C)n3)nc2c1Cl. The van der Waals surface area contributed by atoms with Crippen molar-refractivity contribution in [1.82, 2.24) is 14.8 Å². The Bertz CT molecular complexity index is 921. The van der Waals surface area contributed by atoms with Gasteiger partial charge in [-0.2, -0.15) is 0 Å². The van der Waals surface area contributed by atoms with Crippen LogP contribution in [0.2, 0.25) is 5.02 Å². The molecule has 3 aromatic rings. The van der Waals surface area contributed by atoms with E-state index in [0.29, 0.717) is 33.9 Å². The Morgan fingerprint density at radius 1 is 1.12 bits per heavy atom. The average molecular weight is 375 g/mol. The molecule has 2 aromatic heterocycles. The summed E-state index contributed by atoms with van der Waals surface area (Å²) in [5.41, 5.74) is 0.619. The van der Waals surface area contributed by atoms with Crippen LogP contribution in [-0.2, 0) is 0 Å². The smallest absolute Gasteiger partial charge is 0.157 e. The predicted octanol–water partition coefficient (Wildman–Crippen LogP) is 4.69. The molecule has 0 unspecified atom stereocenters. The van der Waals surface area contributed by atoms with E-state index in [1.165, 1.54) is 0 Å². The highest BCUT2D eigenvalue weighted by Crippen LogP contribution is 2.37. The summed E-state index contributed by atoms with van der Waals surface area (Å²) in [5.74, 6) is 2.69. The van der Waals surface area contributed by atoms with Crippen LogP contribution in [0, 0.1) is 0 Å². The minimum absolute atomic E-state index is 0.0186. The van der Waals surface area contributed by atoms with Crippen molar-refractivity contribution in [3.05, 3.63) is 35.5 Å². The number of hydrogen-bond donors (Lipinski definition) is 1. The summed E-state index contributed by atoms with van der Waals surface area (Å²) in [5, 5.41) is 9.09. The molecule has 138 valence electrons. The lowest BCUT2D eigenvalue weighted by Gasteiger charge is -2.15. The van der Waals surface area contributed by atoms with Gasteiger partial charge in [0.2, 0.25) is 0 Å². The fourth-order valence-electron chi connectivity index (χ4n) is 2.65. The van der Waals surface area contributed by atoms with Crippen molar-refractivity contribution in [3.63, 3.8) is 0 Å². The summed E-state index contributed by atoms with van der Waals surface area (Å²) in [4.78, 5) is 4.69. The molecule has 0 aliphatic rings. The lowest BCUT2D eigenvalue weighted by atomic mass is 10.2. The summed E-state index contributed by atoms with van der Waals surface area (Å²) in [6, 6.07) is 7.79. The van der Waals surface area contributed by atoms with Crippen LogP contribution < -0.4 is 14.8 Å². The van der Waals surface area contributed by atoms with Gasteiger partial charge >= 0.3 is 0 Å². The van der Waals surface area contributed by atoms with Crippen molar-refractivity contribution in [2.75, 3.05) is 12.4 Å². The van der Waals surface area contributed by atoms with Crippen LogP contribution in [0.5, 0.6) is 11.5 Å². The molecule has 0 aliphatic heterocycles. The van der Waals surface area contributed by atoms with Gasteiger partial charge in [-0.1, -0.05) is 11.6 Å². The first kappa shape index (κ1) is 18.3. The Hall–Kier alpha value is -2.47. The molecule has 26 heavy (non-hydrogen) atoms. The van der Waals surface area contributed by atoms with Gasteiger partial charge in [-0.3, -0.25) is 0 Å². The third-order valence-corrected chi connectivity index (χ3v) is 4.04. The van der Waals surface area contributed by atoms with Crippen LogP contribution in [0.15, 0.2) is 30.5 Å². The number of rotatable bonds is 6. The van der Waals surface area contributed by atoms with Crippen molar-refractivity contribution < 1.29 is 9.47 Å². The molecule has 0 saturated heterocycles. The van der Waals surface area contributed by atoms with E-state index in [2.05, 4.69) is 24.3 Å². The maximum Gasteiger partial charge on any atom is 0.157 e. The molecule has 0 radical (unpaired) electrons. The van der Waals surface area contributed by atoms with Crippen molar-refractivity contribution in [2.24, 2.45) is 0 Å². The molecule has 1 aromatic carbocycles. The van der Waals surface area contributed by atoms with Gasteiger partial charge in [0.05, 0.1) is 18.7 Å². The standard InChI is InChI=1S/C19H23ClN4O2/c1-11(2)21-16-8-9-24(23-16)17-10-15(26-12(3)4)13-6-7-14(25-5)18(20)19(13)22-17/h6-12H,1-5H3,(H,21,23). The summed E-state index contributed by atoms with van der Waals surface area (Å²) in [6.45, 7) is 8.09. The molecule has 0 atom stereocenters. The van der Waals surface area contributed by atoms with Crippen LogP contribution >= 0.6 is 11.6 Å². The molecule has 6 nitrogen and oxygen atoms in total. The summed E-state index contributed by atoms with van der Waals surface area (Å²) >= 11 is 6.50. The quantitative estimate of drug-likeness (QED) is 0.678. The van der Waals surface area contributed by atoms with Gasteiger partial charge in [-0.05, 0) is 39.8 Å². The Labute approximate surface area is 158 Å². The van der Waals surface area contributed by atoms with E-state index in [4.69, 9.17) is 26.1 Å². The van der Waals surface area contributed by atoms with Gasteiger partial charge < -0.3 is 14.8 Å². The lowest BCUT2D eigenvalue weighted by molar-refractivity contribution is 0.245. The Kier molecular flexibility index (Phi) is 5.23. The van der Waals surface area contributed by atoms with Gasteiger partial charge in [0.15, 0.2) is 5.82 Å². The van der Waals surface area contributed by atoms with Crippen molar-refractivity contribution in [2.45, 2.75) is 39.8 Å². The second-order valence-electron chi connectivity index (χ2n) is 6.57. The molecule has 7 heteroatoms. The minimum atomic E-state index is 0.0186. The molecule has 0 saturated carbocycles. The number of ether oxygens (including phenoxy) is 2. The zero-order valence-electron chi connectivity index (χ0n) is 15.6. The molecule has 2 heterocycles. The first-order valence-corrected chi connectivity index (χ1v) is 8.93. The van der Waals surface area contributed by atoms with Crippen molar-refractivity contribution in [1.29, 1.82) is 0 Å². The molecule has 3 rings (SSSR count). The molecule has 1 N–H and O–H groups in total. The highest BCUT2D eigenvalue weighted by atomic mass is 35.5. The number of methoxy groups -OCH3 is 1. The molecule has 0 aliphatic carbocycles. The molecule has 0 amide bonds. The molecular weight excluding hydrogens is 352 g/mol. The number of halogens is 1. The number of nitrogens with zero attached hydrogens (tertiary/aromatic N) is 3. The first-order valence-electron chi connectivity index (χ1n) is 8.55. The minimum Gasteiger partial charge on any atom is -0.495 e. The van der Waals surface area contributed by atoms with E-state index in [0.717, 1.165) is 11.2 Å².